The molecule has 0 aromatic carbocycles. The molecule has 0 amide bonds. The van der Waals surface area contributed by atoms with Crippen LogP contribution in [0.1, 0.15) is 84.5 Å². The van der Waals surface area contributed by atoms with E-state index in [1.54, 1.807) is 0 Å². The maximum atomic E-state index is 12.2. The molecule has 0 aromatic heterocycles. The lowest BCUT2D eigenvalue weighted by Crippen LogP contribution is -2.22. The number of aliphatic carboxylic acids is 1. The lowest BCUT2D eigenvalue weighted by atomic mass is 9.85. The molecular formula is C21H36O5. The Balaban J connectivity index is 2.33. The summed E-state index contributed by atoms with van der Waals surface area (Å²) < 4.78 is 0. The van der Waals surface area contributed by atoms with E-state index in [0.717, 1.165) is 38.5 Å². The summed E-state index contributed by atoms with van der Waals surface area (Å²) in [5, 5.41) is 29.0. The molecule has 3 N–H and O–H groups in total. The summed E-state index contributed by atoms with van der Waals surface area (Å²) in [6.07, 6.45) is 8.60. The highest BCUT2D eigenvalue weighted by Gasteiger charge is 2.40. The fourth-order valence-electron chi connectivity index (χ4n) is 3.87. The Morgan fingerprint density at radius 1 is 1.15 bits per heavy atom. The van der Waals surface area contributed by atoms with Crippen molar-refractivity contribution in [1.29, 1.82) is 0 Å². The molecule has 1 rings (SSSR count). The Morgan fingerprint density at radius 2 is 1.85 bits per heavy atom. The van der Waals surface area contributed by atoms with Crippen molar-refractivity contribution in [3.8, 4) is 0 Å². The normalized spacial score (nSPS) is 23.8. The fourth-order valence-corrected chi connectivity index (χ4v) is 3.87. The minimum atomic E-state index is -0.762. The number of unbranched alkanes of at least 4 members (excludes halogenated alkanes) is 3. The van der Waals surface area contributed by atoms with Gasteiger partial charge in [0.15, 0.2) is 0 Å². The monoisotopic (exact) mass is 368 g/mol. The van der Waals surface area contributed by atoms with Gasteiger partial charge in [0.1, 0.15) is 5.78 Å². The molecule has 0 aliphatic heterocycles. The van der Waals surface area contributed by atoms with E-state index in [9.17, 15) is 19.8 Å². The van der Waals surface area contributed by atoms with Crippen molar-refractivity contribution in [3.63, 3.8) is 0 Å². The summed E-state index contributed by atoms with van der Waals surface area (Å²) in [7, 11) is 0. The van der Waals surface area contributed by atoms with Gasteiger partial charge in [-0.1, -0.05) is 30.9 Å². The van der Waals surface area contributed by atoms with Crippen molar-refractivity contribution >= 4 is 11.8 Å². The Bertz CT molecular complexity index is 467. The molecule has 0 unspecified atom stereocenters. The van der Waals surface area contributed by atoms with E-state index >= 15 is 0 Å². The summed E-state index contributed by atoms with van der Waals surface area (Å²) in [6.45, 7) is 4.08. The molecule has 26 heavy (non-hydrogen) atoms. The third-order valence-electron chi connectivity index (χ3n) is 5.38. The van der Waals surface area contributed by atoms with Crippen LogP contribution in [0.2, 0.25) is 0 Å². The number of rotatable bonds is 13. The van der Waals surface area contributed by atoms with E-state index in [2.05, 4.69) is 6.08 Å². The van der Waals surface area contributed by atoms with Crippen LogP contribution >= 0.6 is 0 Å². The zero-order chi connectivity index (χ0) is 19.5. The zero-order valence-electron chi connectivity index (χ0n) is 16.3. The number of aliphatic hydroxyl groups is 2. The van der Waals surface area contributed by atoms with E-state index in [1.807, 2.05) is 13.8 Å². The van der Waals surface area contributed by atoms with Gasteiger partial charge in [0.25, 0.3) is 0 Å². The number of Topliss-reactive ketones (excluding diaryl/α,β-unsaturated/α-hetero) is 1. The standard InChI is InChI=1S/C21H36O5/c1-15(2)8-7-9-16(22)12-13-18-17(19(23)14-20(18)24)10-5-3-4-6-11-21(25)26/h8,16-18,20,22,24H,3-7,9-14H2,1-2H3,(H,25,26)/t16-,17-,18-,20-/m1/s1. The Labute approximate surface area is 157 Å². The van der Waals surface area contributed by atoms with Gasteiger partial charge in [-0.2, -0.15) is 0 Å². The maximum Gasteiger partial charge on any atom is 0.303 e. The van der Waals surface area contributed by atoms with Crippen molar-refractivity contribution in [2.75, 3.05) is 0 Å². The van der Waals surface area contributed by atoms with Crippen LogP contribution in [0, 0.1) is 11.8 Å². The first-order valence-electron chi connectivity index (χ1n) is 10.0. The second-order valence-corrected chi connectivity index (χ2v) is 7.94. The summed E-state index contributed by atoms with van der Waals surface area (Å²) >= 11 is 0. The first kappa shape index (κ1) is 22.8. The molecule has 0 radical (unpaired) electrons. The Morgan fingerprint density at radius 3 is 2.50 bits per heavy atom. The summed E-state index contributed by atoms with van der Waals surface area (Å²) in [5.74, 6) is -0.761. The number of hydrogen-bond donors (Lipinski definition) is 3. The van der Waals surface area contributed by atoms with Gasteiger partial charge in [0.05, 0.1) is 12.2 Å². The van der Waals surface area contributed by atoms with E-state index in [1.165, 1.54) is 5.57 Å². The van der Waals surface area contributed by atoms with Gasteiger partial charge in [-0.15, -0.1) is 0 Å². The van der Waals surface area contributed by atoms with Gasteiger partial charge in [0, 0.05) is 18.8 Å². The SMILES string of the molecule is CC(C)=CCC[C@@H](O)CC[C@H]1[C@H](O)CC(=O)[C@@H]1CCCCCCC(=O)O. The molecule has 5 heteroatoms. The van der Waals surface area contributed by atoms with Crippen molar-refractivity contribution in [3.05, 3.63) is 11.6 Å². The predicted octanol–water partition coefficient (Wildman–Crippen LogP) is 3.87. The number of ketones is 1. The summed E-state index contributed by atoms with van der Waals surface area (Å²) in [6, 6.07) is 0. The number of allylic oxidation sites excluding steroid dienone is 2. The second-order valence-electron chi connectivity index (χ2n) is 7.94. The minimum absolute atomic E-state index is 0.0420. The van der Waals surface area contributed by atoms with Crippen LogP contribution in [0.25, 0.3) is 0 Å². The second kappa shape index (κ2) is 12.2. The highest BCUT2D eigenvalue weighted by Crippen LogP contribution is 2.36. The molecule has 0 bridgehead atoms. The van der Waals surface area contributed by atoms with Crippen LogP contribution in [-0.2, 0) is 9.59 Å². The Hall–Kier alpha value is -1.20. The predicted molar refractivity (Wildman–Crippen MR) is 102 cm³/mol. The van der Waals surface area contributed by atoms with E-state index in [4.69, 9.17) is 5.11 Å². The molecule has 0 saturated heterocycles. The van der Waals surface area contributed by atoms with Crippen molar-refractivity contribution in [2.24, 2.45) is 11.8 Å². The molecule has 150 valence electrons. The number of carbonyl (C=O) groups excluding carboxylic acids is 1. The molecule has 0 spiro atoms. The molecule has 0 heterocycles. The maximum absolute atomic E-state index is 12.2. The molecule has 1 saturated carbocycles. The zero-order valence-corrected chi connectivity index (χ0v) is 16.3. The summed E-state index contributed by atoms with van der Waals surface area (Å²) in [4.78, 5) is 22.7. The molecule has 4 atom stereocenters. The van der Waals surface area contributed by atoms with Gasteiger partial charge in [-0.25, -0.2) is 0 Å². The van der Waals surface area contributed by atoms with Crippen molar-refractivity contribution < 1.29 is 24.9 Å². The van der Waals surface area contributed by atoms with Gasteiger partial charge in [-0.3, -0.25) is 9.59 Å². The first-order valence-corrected chi connectivity index (χ1v) is 10.0. The van der Waals surface area contributed by atoms with E-state index in [-0.39, 0.29) is 36.6 Å². The van der Waals surface area contributed by atoms with Crippen LogP contribution in [0.4, 0.5) is 0 Å². The average molecular weight is 369 g/mol. The largest absolute Gasteiger partial charge is 0.481 e. The molecule has 5 nitrogen and oxygen atoms in total. The van der Waals surface area contributed by atoms with Gasteiger partial charge in [-0.05, 0) is 58.3 Å². The molecular weight excluding hydrogens is 332 g/mol. The van der Waals surface area contributed by atoms with Crippen molar-refractivity contribution in [1.82, 2.24) is 0 Å². The fraction of sp³-hybridized carbons (Fsp3) is 0.810. The molecule has 0 aromatic rings. The third-order valence-corrected chi connectivity index (χ3v) is 5.38. The number of carboxylic acids is 1. The molecule has 1 fully saturated rings. The number of hydrogen-bond acceptors (Lipinski definition) is 4. The number of carboxylic acid groups (broad SMARTS) is 1. The lowest BCUT2D eigenvalue weighted by molar-refractivity contribution is -0.137. The van der Waals surface area contributed by atoms with Gasteiger partial charge >= 0.3 is 5.97 Å². The number of carbonyl (C=O) groups is 2. The van der Waals surface area contributed by atoms with Crippen LogP contribution in [0.5, 0.6) is 0 Å². The van der Waals surface area contributed by atoms with Crippen LogP contribution in [0.15, 0.2) is 11.6 Å². The van der Waals surface area contributed by atoms with E-state index in [0.29, 0.717) is 19.3 Å². The average Bonchev–Trinajstić information content (AvgIpc) is 2.81. The lowest BCUT2D eigenvalue weighted by Gasteiger charge is -2.22. The van der Waals surface area contributed by atoms with Crippen LogP contribution in [0.3, 0.4) is 0 Å². The highest BCUT2D eigenvalue weighted by molar-refractivity contribution is 5.84. The third kappa shape index (κ3) is 8.95. The van der Waals surface area contributed by atoms with Crippen LogP contribution in [-0.4, -0.2) is 39.3 Å². The smallest absolute Gasteiger partial charge is 0.303 e. The highest BCUT2D eigenvalue weighted by atomic mass is 16.4. The molecule has 1 aliphatic carbocycles. The summed E-state index contributed by atoms with van der Waals surface area (Å²) in [5.41, 5.74) is 1.25. The Kier molecular flexibility index (Phi) is 10.7. The first-order chi connectivity index (χ1) is 12.3. The van der Waals surface area contributed by atoms with Crippen molar-refractivity contribution in [2.45, 2.75) is 96.7 Å². The van der Waals surface area contributed by atoms with E-state index < -0.39 is 12.1 Å². The quantitative estimate of drug-likeness (QED) is 0.339. The van der Waals surface area contributed by atoms with Gasteiger partial charge < -0.3 is 15.3 Å². The minimum Gasteiger partial charge on any atom is -0.481 e. The van der Waals surface area contributed by atoms with Crippen LogP contribution < -0.4 is 0 Å². The molecule has 1 aliphatic rings. The number of aliphatic hydroxyl groups excluding tert-OH is 2. The topological polar surface area (TPSA) is 94.8 Å². The van der Waals surface area contributed by atoms with Gasteiger partial charge in [0.2, 0.25) is 0 Å².